The molecule has 0 aliphatic carbocycles. The van der Waals surface area contributed by atoms with Gasteiger partial charge in [-0.05, 0) is 19.6 Å². The predicted octanol–water partition coefficient (Wildman–Crippen LogP) is 2.62. The Morgan fingerprint density at radius 1 is 1.00 bits per heavy atom. The van der Waals surface area contributed by atoms with Crippen molar-refractivity contribution in [2.75, 3.05) is 0 Å². The number of aromatic hydroxyl groups is 1. The summed E-state index contributed by atoms with van der Waals surface area (Å²) in [6, 6.07) is 0.997. The fourth-order valence-electron chi connectivity index (χ4n) is 0.542. The van der Waals surface area contributed by atoms with Gasteiger partial charge in [0.25, 0.3) is 0 Å². The summed E-state index contributed by atoms with van der Waals surface area (Å²) in [5, 5.41) is 8.47. The number of benzene rings is 1. The van der Waals surface area contributed by atoms with Crippen LogP contribution in [0.2, 0.25) is 19.6 Å². The molecular formula is C9H13F3O2SiZn. The van der Waals surface area contributed by atoms with E-state index in [4.69, 9.17) is 9.90 Å². The van der Waals surface area contributed by atoms with Crippen LogP contribution in [0.5, 0.6) is 5.75 Å². The average molecular weight is 304 g/mol. The maximum absolute atomic E-state index is 12.1. The first-order chi connectivity index (χ1) is 6.61. The van der Waals surface area contributed by atoms with Crippen LogP contribution in [-0.4, -0.2) is 18.2 Å². The molecule has 7 heteroatoms. The van der Waals surface area contributed by atoms with Crippen LogP contribution in [0, 0.1) is 17.5 Å². The third-order valence-corrected chi connectivity index (χ3v) is 0.969. The van der Waals surface area contributed by atoms with E-state index < -0.39 is 31.5 Å². The summed E-state index contributed by atoms with van der Waals surface area (Å²) < 4.78 is 36.2. The van der Waals surface area contributed by atoms with E-state index in [0.29, 0.717) is 12.1 Å². The second-order valence-corrected chi connectivity index (χ2v) is 8.24. The minimum Gasteiger partial charge on any atom is -0.508 e. The summed E-state index contributed by atoms with van der Waals surface area (Å²) in [6.07, 6.45) is 0. The Labute approximate surface area is 106 Å². The molecule has 0 aliphatic heterocycles. The van der Waals surface area contributed by atoms with Crippen LogP contribution in [0.15, 0.2) is 12.1 Å². The van der Waals surface area contributed by atoms with Crippen LogP contribution in [-0.2, 0) is 19.5 Å². The molecule has 2 N–H and O–H groups in total. The van der Waals surface area contributed by atoms with E-state index in [2.05, 4.69) is 0 Å². The molecule has 1 aromatic carbocycles. The number of halogens is 3. The SMILES string of the molecule is C[Si](C)(C)O.Oc1cc(F)c(F)c(F)c1.[Zn]. The maximum atomic E-state index is 12.1. The minimum atomic E-state index is -1.61. The van der Waals surface area contributed by atoms with Gasteiger partial charge in [0.1, 0.15) is 5.75 Å². The van der Waals surface area contributed by atoms with E-state index in [1.165, 1.54) is 0 Å². The van der Waals surface area contributed by atoms with E-state index >= 15 is 0 Å². The topological polar surface area (TPSA) is 40.5 Å². The third kappa shape index (κ3) is 8.88. The van der Waals surface area contributed by atoms with Crippen LogP contribution >= 0.6 is 0 Å². The molecule has 0 aromatic heterocycles. The van der Waals surface area contributed by atoms with Gasteiger partial charge < -0.3 is 9.90 Å². The number of rotatable bonds is 0. The van der Waals surface area contributed by atoms with Gasteiger partial charge >= 0.3 is 0 Å². The molecule has 0 saturated heterocycles. The molecule has 0 unspecified atom stereocenters. The van der Waals surface area contributed by atoms with Crippen LogP contribution in [0.25, 0.3) is 0 Å². The molecule has 88 valence electrons. The Morgan fingerprint density at radius 3 is 1.50 bits per heavy atom. The monoisotopic (exact) mass is 302 g/mol. The molecule has 16 heavy (non-hydrogen) atoms. The Balaban J connectivity index is 0. The van der Waals surface area contributed by atoms with Gasteiger partial charge in [-0.15, -0.1) is 0 Å². The molecule has 0 aliphatic rings. The van der Waals surface area contributed by atoms with Crippen molar-refractivity contribution in [3.8, 4) is 5.75 Å². The van der Waals surface area contributed by atoms with Gasteiger partial charge in [-0.1, -0.05) is 0 Å². The summed E-state index contributed by atoms with van der Waals surface area (Å²) in [5.74, 6) is -4.98. The van der Waals surface area contributed by atoms with E-state index in [1.807, 2.05) is 19.6 Å². The molecular weight excluding hydrogens is 291 g/mol. The normalized spacial score (nSPS) is 9.94. The van der Waals surface area contributed by atoms with Crippen molar-refractivity contribution in [1.82, 2.24) is 0 Å². The van der Waals surface area contributed by atoms with Crippen LogP contribution in [0.3, 0.4) is 0 Å². The first kappa shape index (κ1) is 18.0. The molecule has 0 spiro atoms. The molecule has 0 heterocycles. The van der Waals surface area contributed by atoms with Crippen LogP contribution in [0.1, 0.15) is 0 Å². The first-order valence-corrected chi connectivity index (χ1v) is 7.62. The molecule has 0 bridgehead atoms. The fourth-order valence-corrected chi connectivity index (χ4v) is 0.542. The zero-order valence-electron chi connectivity index (χ0n) is 9.39. The molecule has 2 nitrogen and oxygen atoms in total. The fraction of sp³-hybridized carbons (Fsp3) is 0.333. The Hall–Kier alpha value is -0.390. The smallest absolute Gasteiger partial charge is 0.194 e. The van der Waals surface area contributed by atoms with Gasteiger partial charge in [-0.2, -0.15) is 0 Å². The molecule has 0 radical (unpaired) electrons. The van der Waals surface area contributed by atoms with Crippen molar-refractivity contribution in [3.63, 3.8) is 0 Å². The van der Waals surface area contributed by atoms with Crippen LogP contribution in [0.4, 0.5) is 13.2 Å². The Kier molecular flexibility index (Phi) is 7.91. The molecule has 0 atom stereocenters. The second kappa shape index (κ2) is 7.04. The summed E-state index contributed by atoms with van der Waals surface area (Å²) in [4.78, 5) is 8.66. The van der Waals surface area contributed by atoms with E-state index in [0.717, 1.165) is 0 Å². The number of phenolic OH excluding ortho intramolecular Hbond substituents is 1. The average Bonchev–Trinajstić information content (AvgIpc) is 1.96. The molecule has 1 aromatic rings. The minimum absolute atomic E-state index is 0. The van der Waals surface area contributed by atoms with Crippen molar-refractivity contribution in [1.29, 1.82) is 0 Å². The van der Waals surface area contributed by atoms with Crippen molar-refractivity contribution in [3.05, 3.63) is 29.6 Å². The zero-order valence-corrected chi connectivity index (χ0v) is 13.4. The van der Waals surface area contributed by atoms with Gasteiger partial charge in [-0.25, -0.2) is 13.2 Å². The second-order valence-electron chi connectivity index (χ2n) is 3.89. The van der Waals surface area contributed by atoms with E-state index in [-0.39, 0.29) is 19.5 Å². The van der Waals surface area contributed by atoms with Gasteiger partial charge in [0, 0.05) is 31.6 Å². The Bertz CT molecular complexity index is 313. The number of hydrogen-bond donors (Lipinski definition) is 2. The molecule has 0 saturated carbocycles. The Morgan fingerprint density at radius 2 is 1.25 bits per heavy atom. The van der Waals surface area contributed by atoms with Crippen molar-refractivity contribution in [2.45, 2.75) is 19.6 Å². The summed E-state index contributed by atoms with van der Waals surface area (Å²) in [6.45, 7) is 5.65. The van der Waals surface area contributed by atoms with Crippen molar-refractivity contribution < 1.29 is 42.6 Å². The van der Waals surface area contributed by atoms with Crippen molar-refractivity contribution >= 4 is 8.32 Å². The number of phenols is 1. The number of hydrogen-bond acceptors (Lipinski definition) is 2. The predicted molar refractivity (Wildman–Crippen MR) is 53.5 cm³/mol. The van der Waals surface area contributed by atoms with E-state index in [1.54, 1.807) is 0 Å². The third-order valence-electron chi connectivity index (χ3n) is 0.969. The van der Waals surface area contributed by atoms with Gasteiger partial charge in [0.15, 0.2) is 25.8 Å². The first-order valence-electron chi connectivity index (χ1n) is 4.17. The standard InChI is InChI=1S/C6H3F3O.C3H10OSi.Zn/c7-4-1-3(10)2-5(8)6(4)9;1-5(2,3)4;/h1-2,10H;4H,1-3H3;. The van der Waals surface area contributed by atoms with Crippen LogP contribution < -0.4 is 0 Å². The van der Waals surface area contributed by atoms with Gasteiger partial charge in [0.2, 0.25) is 0 Å². The zero-order chi connectivity index (χ0) is 12.2. The molecule has 0 amide bonds. The summed E-state index contributed by atoms with van der Waals surface area (Å²) >= 11 is 0. The van der Waals surface area contributed by atoms with Gasteiger partial charge in [-0.3, -0.25) is 0 Å². The summed E-state index contributed by atoms with van der Waals surface area (Å²) in [7, 11) is -1.61. The maximum Gasteiger partial charge on any atom is 0.194 e. The van der Waals surface area contributed by atoms with Crippen molar-refractivity contribution in [2.24, 2.45) is 0 Å². The van der Waals surface area contributed by atoms with E-state index in [9.17, 15) is 13.2 Å². The molecule has 1 rings (SSSR count). The van der Waals surface area contributed by atoms with Gasteiger partial charge in [0.05, 0.1) is 0 Å². The summed E-state index contributed by atoms with van der Waals surface area (Å²) in [5.41, 5.74) is 0. The quantitative estimate of drug-likeness (QED) is 0.571. The largest absolute Gasteiger partial charge is 0.508 e. The molecule has 0 fully saturated rings.